The van der Waals surface area contributed by atoms with Crippen LogP contribution in [0.25, 0.3) is 0 Å². The van der Waals surface area contributed by atoms with Crippen LogP contribution in [0, 0.1) is 0 Å². The Bertz CT molecular complexity index is 209. The highest BCUT2D eigenvalue weighted by Crippen LogP contribution is 2.20. The fourth-order valence-electron chi connectivity index (χ4n) is 1.89. The van der Waals surface area contributed by atoms with E-state index in [0.29, 0.717) is 25.4 Å². The van der Waals surface area contributed by atoms with Gasteiger partial charge in [0.2, 0.25) is 0 Å². The maximum atomic E-state index is 5.82. The summed E-state index contributed by atoms with van der Waals surface area (Å²) in [6, 6.07) is 2.07. The lowest BCUT2D eigenvalue weighted by molar-refractivity contribution is 0.0726. The molecule has 0 aromatic heterocycles. The molecule has 0 unspecified atom stereocenters. The molecule has 0 rings (SSSR count). The van der Waals surface area contributed by atoms with E-state index in [1.165, 1.54) is 0 Å². The molecule has 0 N–H and O–H groups in total. The van der Waals surface area contributed by atoms with Gasteiger partial charge in [-0.3, -0.25) is 0 Å². The molecule has 0 aromatic carbocycles. The van der Waals surface area contributed by atoms with Crippen molar-refractivity contribution in [3.05, 3.63) is 25.3 Å². The quantitative estimate of drug-likeness (QED) is 0.408. The molecule has 0 aliphatic heterocycles. The van der Waals surface area contributed by atoms with Crippen molar-refractivity contribution in [3.63, 3.8) is 0 Å². The molecule has 18 heavy (non-hydrogen) atoms. The predicted molar refractivity (Wildman–Crippen MR) is 82.9 cm³/mol. The van der Waals surface area contributed by atoms with Crippen molar-refractivity contribution in [1.29, 1.82) is 0 Å². The topological polar surface area (TPSA) is 27.7 Å². The third-order valence-electron chi connectivity index (χ3n) is 2.72. The fourth-order valence-corrected chi connectivity index (χ4v) is 7.38. The van der Waals surface area contributed by atoms with Crippen molar-refractivity contribution >= 4 is 18.3 Å². The first kappa shape index (κ1) is 17.8. The van der Waals surface area contributed by atoms with Crippen LogP contribution in [-0.4, -0.2) is 38.1 Å². The Morgan fingerprint density at radius 1 is 1.00 bits per heavy atom. The van der Waals surface area contributed by atoms with Crippen LogP contribution in [0.3, 0.4) is 0 Å². The summed E-state index contributed by atoms with van der Waals surface area (Å²) in [7, 11) is -2.67. The Morgan fingerprint density at radius 3 is 1.78 bits per heavy atom. The van der Waals surface area contributed by atoms with Gasteiger partial charge in [-0.1, -0.05) is 18.2 Å². The van der Waals surface area contributed by atoms with Gasteiger partial charge in [-0.05, 0) is 26.3 Å². The van der Waals surface area contributed by atoms with Gasteiger partial charge in [0, 0.05) is 35.4 Å². The Balaban J connectivity index is 4.36. The predicted octanol–water partition coefficient (Wildman–Crippen LogP) is 2.78. The van der Waals surface area contributed by atoms with Crippen molar-refractivity contribution in [2.45, 2.75) is 38.4 Å². The third kappa shape index (κ3) is 6.65. The van der Waals surface area contributed by atoms with E-state index in [0.717, 1.165) is 12.1 Å². The Kier molecular flexibility index (Phi) is 10.6. The number of rotatable bonds is 12. The van der Waals surface area contributed by atoms with E-state index in [2.05, 4.69) is 13.2 Å². The molecule has 0 aromatic rings. The first-order valence-corrected chi connectivity index (χ1v) is 10.6. The van der Waals surface area contributed by atoms with E-state index in [1.54, 1.807) is 0 Å². The normalized spacial score (nSPS) is 12.4. The van der Waals surface area contributed by atoms with Gasteiger partial charge in [-0.25, -0.2) is 0 Å². The van der Waals surface area contributed by atoms with E-state index < -0.39 is 8.80 Å². The molecule has 3 nitrogen and oxygen atoms in total. The molecule has 0 amide bonds. The van der Waals surface area contributed by atoms with Gasteiger partial charge in [0.1, 0.15) is 0 Å². The smallest absolute Gasteiger partial charge is 0.374 e. The van der Waals surface area contributed by atoms with E-state index in [9.17, 15) is 0 Å². The zero-order chi connectivity index (χ0) is 13.9. The zero-order valence-electron chi connectivity index (χ0n) is 12.1. The summed E-state index contributed by atoms with van der Waals surface area (Å²) in [5, 5.41) is 0. The largest absolute Gasteiger partial charge is 0.500 e. The average molecular weight is 289 g/mol. The van der Waals surface area contributed by atoms with Gasteiger partial charge in [-0.2, -0.15) is 0 Å². The van der Waals surface area contributed by atoms with Gasteiger partial charge in [0.05, 0.1) is 0 Å². The van der Waals surface area contributed by atoms with Crippen molar-refractivity contribution in [2.24, 2.45) is 0 Å². The van der Waals surface area contributed by atoms with Crippen molar-refractivity contribution in [3.8, 4) is 0 Å². The van der Waals surface area contributed by atoms with Crippen LogP contribution in [-0.2, 0) is 13.3 Å². The van der Waals surface area contributed by atoms with Gasteiger partial charge in [-0.15, -0.1) is 13.2 Å². The molecule has 0 fully saturated rings. The number of allylic oxidation sites excluding steroid dienone is 2. The molecule has 0 atom stereocenters. The van der Waals surface area contributed by atoms with Crippen LogP contribution >= 0.6 is 0 Å². The molecule has 5 heteroatoms. The standard InChI is InChI=1S/C13H28O3Si2/c1-6-13(7-2)17-11-12-18(14-8-3,15-9-4)16-10-5/h6-7,13H,1-2,8-12,17H2,3-5H3. The second-order valence-corrected chi connectivity index (χ2v) is 8.97. The summed E-state index contributed by atoms with van der Waals surface area (Å²) in [6.45, 7) is 15.6. The first-order valence-electron chi connectivity index (χ1n) is 6.84. The second kappa shape index (κ2) is 10.7. The molecule has 0 aliphatic carbocycles. The van der Waals surface area contributed by atoms with Crippen LogP contribution in [0.5, 0.6) is 0 Å². The van der Waals surface area contributed by atoms with E-state index >= 15 is 0 Å². The van der Waals surface area contributed by atoms with Crippen LogP contribution in [0.1, 0.15) is 20.8 Å². The number of hydrogen-bond donors (Lipinski definition) is 0. The molecular formula is C13H28O3Si2. The summed E-state index contributed by atoms with van der Waals surface area (Å²) < 4.78 is 17.5. The first-order chi connectivity index (χ1) is 8.67. The third-order valence-corrected chi connectivity index (χ3v) is 8.67. The minimum Gasteiger partial charge on any atom is -0.374 e. The van der Waals surface area contributed by atoms with Crippen molar-refractivity contribution in [2.75, 3.05) is 19.8 Å². The van der Waals surface area contributed by atoms with Crippen molar-refractivity contribution < 1.29 is 13.3 Å². The lowest BCUT2D eigenvalue weighted by Crippen LogP contribution is -2.46. The summed E-state index contributed by atoms with van der Waals surface area (Å²) in [5.41, 5.74) is 0.501. The van der Waals surface area contributed by atoms with Crippen LogP contribution < -0.4 is 0 Å². The Labute approximate surface area is 115 Å². The van der Waals surface area contributed by atoms with E-state index in [-0.39, 0.29) is 9.52 Å². The van der Waals surface area contributed by atoms with Gasteiger partial charge < -0.3 is 13.3 Å². The second-order valence-electron chi connectivity index (χ2n) is 4.01. The molecule has 0 bridgehead atoms. The summed E-state index contributed by atoms with van der Waals surface area (Å²) in [4.78, 5) is 0. The minimum atomic E-state index is -2.42. The lowest BCUT2D eigenvalue weighted by Gasteiger charge is -2.28. The SMILES string of the molecule is C=CC(C=C)[SiH2]CC[Si](OCC)(OCC)OCC. The monoisotopic (exact) mass is 288 g/mol. The molecule has 0 heterocycles. The summed E-state index contributed by atoms with van der Waals surface area (Å²) >= 11 is 0. The average Bonchev–Trinajstić information content (AvgIpc) is 2.36. The van der Waals surface area contributed by atoms with E-state index in [1.807, 2.05) is 32.9 Å². The van der Waals surface area contributed by atoms with Gasteiger partial charge in [0.25, 0.3) is 0 Å². The molecule has 0 aliphatic rings. The minimum absolute atomic E-state index is 0.247. The van der Waals surface area contributed by atoms with Gasteiger partial charge >= 0.3 is 8.80 Å². The maximum absolute atomic E-state index is 5.82. The molecular weight excluding hydrogens is 260 g/mol. The highest BCUT2D eigenvalue weighted by Gasteiger charge is 2.39. The number of hydrogen-bond acceptors (Lipinski definition) is 3. The molecule has 0 spiro atoms. The molecule has 106 valence electrons. The molecule has 0 saturated carbocycles. The lowest BCUT2D eigenvalue weighted by atomic mass is 10.4. The van der Waals surface area contributed by atoms with Crippen LogP contribution in [0.15, 0.2) is 25.3 Å². The highest BCUT2D eigenvalue weighted by molar-refractivity contribution is 6.62. The Morgan fingerprint density at radius 2 is 1.44 bits per heavy atom. The van der Waals surface area contributed by atoms with Crippen molar-refractivity contribution in [1.82, 2.24) is 0 Å². The van der Waals surface area contributed by atoms with Crippen LogP contribution in [0.2, 0.25) is 17.6 Å². The molecule has 0 saturated heterocycles. The Hall–Kier alpha value is -0.206. The van der Waals surface area contributed by atoms with E-state index in [4.69, 9.17) is 13.3 Å². The molecule has 0 radical (unpaired) electrons. The maximum Gasteiger partial charge on any atom is 0.500 e. The summed E-state index contributed by atoms with van der Waals surface area (Å²) in [5.74, 6) is 0. The zero-order valence-corrected chi connectivity index (χ0v) is 14.5. The highest BCUT2D eigenvalue weighted by atomic mass is 28.4. The summed E-state index contributed by atoms with van der Waals surface area (Å²) in [6.07, 6.45) is 3.98. The van der Waals surface area contributed by atoms with Gasteiger partial charge in [0.15, 0.2) is 0 Å². The van der Waals surface area contributed by atoms with Crippen LogP contribution in [0.4, 0.5) is 0 Å². The fraction of sp³-hybridized carbons (Fsp3) is 0.692.